The number of nitro groups is 2. The number of carbonyl (C=O) groups excluding carboxylic acids is 1. The molecule has 2 amide bonds. The first-order chi connectivity index (χ1) is 12.5. The van der Waals surface area contributed by atoms with Crippen molar-refractivity contribution in [2.75, 3.05) is 23.3 Å². The van der Waals surface area contributed by atoms with Gasteiger partial charge in [-0.05, 0) is 30.7 Å². The summed E-state index contributed by atoms with van der Waals surface area (Å²) in [6.45, 7) is 1.20. The molecular formula is C16H15N5O5. The van der Waals surface area contributed by atoms with Crippen molar-refractivity contribution in [1.29, 1.82) is 0 Å². The van der Waals surface area contributed by atoms with Crippen molar-refractivity contribution in [3.05, 3.63) is 62.7 Å². The fourth-order valence-corrected chi connectivity index (χ4v) is 2.67. The molecule has 0 bridgehead atoms. The molecule has 26 heavy (non-hydrogen) atoms. The number of non-ortho nitro benzene ring substituents is 1. The van der Waals surface area contributed by atoms with Crippen LogP contribution in [0, 0.1) is 20.2 Å². The highest BCUT2D eigenvalue weighted by Gasteiger charge is 2.21. The molecule has 1 aliphatic heterocycles. The van der Waals surface area contributed by atoms with Crippen LogP contribution in [0.4, 0.5) is 33.2 Å². The van der Waals surface area contributed by atoms with Crippen molar-refractivity contribution < 1.29 is 14.6 Å². The van der Waals surface area contributed by atoms with Crippen LogP contribution in [0.15, 0.2) is 42.5 Å². The fourth-order valence-electron chi connectivity index (χ4n) is 2.67. The fraction of sp³-hybridized carbons (Fsp3) is 0.188. The van der Waals surface area contributed by atoms with E-state index in [1.807, 2.05) is 0 Å². The zero-order valence-electron chi connectivity index (χ0n) is 13.5. The summed E-state index contributed by atoms with van der Waals surface area (Å²) < 4.78 is 0. The zero-order chi connectivity index (χ0) is 18.7. The first-order valence-electron chi connectivity index (χ1n) is 7.81. The van der Waals surface area contributed by atoms with E-state index in [4.69, 9.17) is 0 Å². The van der Waals surface area contributed by atoms with E-state index in [-0.39, 0.29) is 17.4 Å². The van der Waals surface area contributed by atoms with E-state index in [0.29, 0.717) is 24.5 Å². The van der Waals surface area contributed by atoms with E-state index >= 15 is 0 Å². The predicted octanol–water partition coefficient (Wildman–Crippen LogP) is 3.17. The molecule has 0 saturated carbocycles. The average molecular weight is 357 g/mol. The van der Waals surface area contributed by atoms with Crippen LogP contribution in [0.5, 0.6) is 0 Å². The third kappa shape index (κ3) is 3.53. The van der Waals surface area contributed by atoms with Crippen LogP contribution in [0.3, 0.4) is 0 Å². The number of hydrogen-bond acceptors (Lipinski definition) is 6. The summed E-state index contributed by atoms with van der Waals surface area (Å²) in [5.74, 6) is 0. The molecule has 1 fully saturated rings. The number of carbonyl (C=O) groups is 1. The number of benzene rings is 2. The van der Waals surface area contributed by atoms with Crippen molar-refractivity contribution in [2.24, 2.45) is 0 Å². The van der Waals surface area contributed by atoms with Gasteiger partial charge in [-0.2, -0.15) is 0 Å². The molecule has 0 aliphatic carbocycles. The van der Waals surface area contributed by atoms with Crippen LogP contribution in [-0.2, 0) is 0 Å². The van der Waals surface area contributed by atoms with Gasteiger partial charge in [-0.1, -0.05) is 6.07 Å². The standard InChI is InChI=1S/C16H15N5O5/c22-16-17-7-2-8-19(16)12-4-1-3-11(9-12)18-14-6-5-13(20(23)24)10-15(14)21(25)26/h1,3-6,9-10,18H,2,7-8H2,(H,17,22). The number of hydrogen-bond donors (Lipinski definition) is 2. The molecule has 0 unspecified atom stereocenters. The van der Waals surface area contributed by atoms with E-state index in [0.717, 1.165) is 12.5 Å². The third-order valence-electron chi connectivity index (χ3n) is 3.91. The van der Waals surface area contributed by atoms with Gasteiger partial charge in [-0.15, -0.1) is 0 Å². The first kappa shape index (κ1) is 17.1. The van der Waals surface area contributed by atoms with Gasteiger partial charge >= 0.3 is 6.03 Å². The highest BCUT2D eigenvalue weighted by molar-refractivity contribution is 5.93. The maximum atomic E-state index is 12.0. The predicted molar refractivity (Wildman–Crippen MR) is 94.8 cm³/mol. The van der Waals surface area contributed by atoms with Crippen LogP contribution in [0.2, 0.25) is 0 Å². The van der Waals surface area contributed by atoms with Crippen LogP contribution < -0.4 is 15.5 Å². The molecule has 134 valence electrons. The van der Waals surface area contributed by atoms with Gasteiger partial charge in [0, 0.05) is 30.5 Å². The second kappa shape index (κ2) is 7.05. The molecule has 1 aliphatic rings. The maximum absolute atomic E-state index is 12.0. The lowest BCUT2D eigenvalue weighted by atomic mass is 10.2. The van der Waals surface area contributed by atoms with Crippen LogP contribution in [0.25, 0.3) is 0 Å². The minimum Gasteiger partial charge on any atom is -0.350 e. The van der Waals surface area contributed by atoms with Crippen molar-refractivity contribution in [3.63, 3.8) is 0 Å². The number of amides is 2. The molecule has 3 rings (SSSR count). The highest BCUT2D eigenvalue weighted by Crippen LogP contribution is 2.32. The molecule has 2 aromatic carbocycles. The third-order valence-corrected chi connectivity index (χ3v) is 3.91. The number of nitrogens with zero attached hydrogens (tertiary/aromatic N) is 3. The second-order valence-electron chi connectivity index (χ2n) is 5.63. The van der Waals surface area contributed by atoms with E-state index < -0.39 is 15.5 Å². The number of urea groups is 1. The Kier molecular flexibility index (Phi) is 4.65. The summed E-state index contributed by atoms with van der Waals surface area (Å²) in [5, 5.41) is 27.7. The Labute approximate surface area is 147 Å². The monoisotopic (exact) mass is 357 g/mol. The van der Waals surface area contributed by atoms with E-state index in [9.17, 15) is 25.0 Å². The van der Waals surface area contributed by atoms with Crippen molar-refractivity contribution in [2.45, 2.75) is 6.42 Å². The van der Waals surface area contributed by atoms with Gasteiger partial charge in [0.05, 0.1) is 15.9 Å². The lowest BCUT2D eigenvalue weighted by molar-refractivity contribution is -0.393. The molecule has 10 nitrogen and oxygen atoms in total. The lowest BCUT2D eigenvalue weighted by Gasteiger charge is -2.27. The van der Waals surface area contributed by atoms with Gasteiger partial charge in [0.25, 0.3) is 11.4 Å². The Morgan fingerprint density at radius 1 is 1.08 bits per heavy atom. The molecule has 2 aromatic rings. The minimum atomic E-state index is -0.688. The Hall–Kier alpha value is -3.69. The summed E-state index contributed by atoms with van der Waals surface area (Å²) in [5.41, 5.74) is 0.539. The lowest BCUT2D eigenvalue weighted by Crippen LogP contribution is -2.46. The Bertz CT molecular complexity index is 885. The van der Waals surface area contributed by atoms with Gasteiger partial charge in [0.1, 0.15) is 5.69 Å². The summed E-state index contributed by atoms with van der Waals surface area (Å²) in [6, 6.07) is 10.1. The molecule has 10 heteroatoms. The molecule has 1 saturated heterocycles. The largest absolute Gasteiger partial charge is 0.350 e. The Balaban J connectivity index is 1.89. The molecular weight excluding hydrogens is 342 g/mol. The van der Waals surface area contributed by atoms with E-state index in [2.05, 4.69) is 10.6 Å². The number of anilines is 3. The normalized spacial score (nSPS) is 13.8. The van der Waals surface area contributed by atoms with Gasteiger partial charge in [0.15, 0.2) is 0 Å². The molecule has 2 N–H and O–H groups in total. The first-order valence-corrected chi connectivity index (χ1v) is 7.81. The van der Waals surface area contributed by atoms with Gasteiger partial charge in [-0.3, -0.25) is 25.1 Å². The molecule has 0 radical (unpaired) electrons. The topological polar surface area (TPSA) is 131 Å². The molecule has 0 atom stereocenters. The molecule has 0 aromatic heterocycles. The van der Waals surface area contributed by atoms with Crippen LogP contribution in [-0.4, -0.2) is 29.0 Å². The van der Waals surface area contributed by atoms with Crippen molar-refractivity contribution >= 4 is 34.5 Å². The van der Waals surface area contributed by atoms with Gasteiger partial charge in [0.2, 0.25) is 0 Å². The van der Waals surface area contributed by atoms with Crippen molar-refractivity contribution in [1.82, 2.24) is 5.32 Å². The summed E-state index contributed by atoms with van der Waals surface area (Å²) in [4.78, 5) is 34.2. The maximum Gasteiger partial charge on any atom is 0.321 e. The Morgan fingerprint density at radius 2 is 1.88 bits per heavy atom. The van der Waals surface area contributed by atoms with Gasteiger partial charge < -0.3 is 10.6 Å². The number of nitro benzene ring substituents is 2. The smallest absolute Gasteiger partial charge is 0.321 e. The SMILES string of the molecule is O=C1NCCCN1c1cccc(Nc2ccc([N+](=O)[O-])cc2[N+](=O)[O-])c1. The van der Waals surface area contributed by atoms with Gasteiger partial charge in [-0.25, -0.2) is 4.79 Å². The van der Waals surface area contributed by atoms with Crippen LogP contribution >= 0.6 is 0 Å². The quantitative estimate of drug-likeness (QED) is 0.624. The number of nitrogens with one attached hydrogen (secondary N) is 2. The summed E-state index contributed by atoms with van der Waals surface area (Å²) in [7, 11) is 0. The highest BCUT2D eigenvalue weighted by atomic mass is 16.6. The number of rotatable bonds is 5. The van der Waals surface area contributed by atoms with E-state index in [1.165, 1.54) is 12.1 Å². The minimum absolute atomic E-state index is 0.126. The van der Waals surface area contributed by atoms with Crippen LogP contribution in [0.1, 0.15) is 6.42 Å². The molecule has 0 spiro atoms. The average Bonchev–Trinajstić information content (AvgIpc) is 2.62. The summed E-state index contributed by atoms with van der Waals surface area (Å²) >= 11 is 0. The Morgan fingerprint density at radius 3 is 2.58 bits per heavy atom. The summed E-state index contributed by atoms with van der Waals surface area (Å²) in [6.07, 6.45) is 0.817. The molecule has 1 heterocycles. The van der Waals surface area contributed by atoms with Crippen molar-refractivity contribution in [3.8, 4) is 0 Å². The zero-order valence-corrected chi connectivity index (χ0v) is 13.5. The second-order valence-corrected chi connectivity index (χ2v) is 5.63. The van der Waals surface area contributed by atoms with E-state index in [1.54, 1.807) is 29.2 Å².